The number of hydrogen-bond acceptors (Lipinski definition) is 4. The Balaban J connectivity index is 2.34. The van der Waals surface area contributed by atoms with Gasteiger partial charge in [0.15, 0.2) is 5.84 Å². The Morgan fingerprint density at radius 3 is 2.84 bits per heavy atom. The van der Waals surface area contributed by atoms with Crippen molar-refractivity contribution in [2.24, 2.45) is 10.9 Å². The summed E-state index contributed by atoms with van der Waals surface area (Å²) in [6.45, 7) is 1.71. The molecular formula is C13H15N3O2S. The largest absolute Gasteiger partial charge is 0.409 e. The number of carbonyl (C=O) groups is 1. The van der Waals surface area contributed by atoms with Gasteiger partial charge in [-0.25, -0.2) is 0 Å². The predicted molar refractivity (Wildman–Crippen MR) is 76.8 cm³/mol. The van der Waals surface area contributed by atoms with E-state index in [2.05, 4.69) is 5.16 Å². The van der Waals surface area contributed by atoms with Crippen molar-refractivity contribution in [2.45, 2.75) is 13.0 Å². The third-order valence-corrected chi connectivity index (χ3v) is 4.12. The van der Waals surface area contributed by atoms with Gasteiger partial charge in [0.2, 0.25) is 0 Å². The van der Waals surface area contributed by atoms with Crippen LogP contribution in [0.5, 0.6) is 0 Å². The van der Waals surface area contributed by atoms with Crippen molar-refractivity contribution in [1.29, 1.82) is 0 Å². The summed E-state index contributed by atoms with van der Waals surface area (Å²) >= 11 is 1.53. The molecule has 5 nitrogen and oxygen atoms in total. The van der Waals surface area contributed by atoms with Crippen LogP contribution in [0.25, 0.3) is 10.1 Å². The highest BCUT2D eigenvalue weighted by atomic mass is 32.1. The second-order valence-electron chi connectivity index (χ2n) is 4.26. The molecular weight excluding hydrogens is 262 g/mol. The number of carbonyl (C=O) groups excluding carboxylic acids is 1. The number of amidine groups is 1. The van der Waals surface area contributed by atoms with Gasteiger partial charge in [-0.05, 0) is 13.0 Å². The molecule has 0 aliphatic carbocycles. The number of oxime groups is 1. The fourth-order valence-electron chi connectivity index (χ4n) is 1.79. The fourth-order valence-corrected chi connectivity index (χ4v) is 2.73. The van der Waals surface area contributed by atoms with Crippen molar-refractivity contribution < 1.29 is 10.0 Å². The first-order valence-electron chi connectivity index (χ1n) is 5.77. The number of likely N-dealkylation sites (N-methyl/N-ethyl adjacent to an activating group) is 1. The lowest BCUT2D eigenvalue weighted by Gasteiger charge is -2.23. The molecule has 0 spiro atoms. The van der Waals surface area contributed by atoms with E-state index in [0.29, 0.717) is 5.56 Å². The van der Waals surface area contributed by atoms with E-state index in [0.717, 1.165) is 10.1 Å². The van der Waals surface area contributed by atoms with E-state index in [1.165, 1.54) is 16.2 Å². The van der Waals surface area contributed by atoms with Gasteiger partial charge in [-0.3, -0.25) is 4.79 Å². The number of amides is 1. The summed E-state index contributed by atoms with van der Waals surface area (Å²) in [7, 11) is 1.64. The zero-order valence-corrected chi connectivity index (χ0v) is 11.5. The molecule has 1 atom stereocenters. The van der Waals surface area contributed by atoms with Crippen LogP contribution in [0.15, 0.2) is 34.8 Å². The second kappa shape index (κ2) is 5.27. The summed E-state index contributed by atoms with van der Waals surface area (Å²) in [5.74, 6) is -0.132. The minimum absolute atomic E-state index is 0.00962. The molecule has 0 bridgehead atoms. The Hall–Kier alpha value is -2.08. The van der Waals surface area contributed by atoms with Gasteiger partial charge in [-0.2, -0.15) is 0 Å². The average molecular weight is 277 g/mol. The molecule has 2 aromatic rings. The maximum atomic E-state index is 12.4. The topological polar surface area (TPSA) is 78.9 Å². The minimum Gasteiger partial charge on any atom is -0.409 e. The third kappa shape index (κ3) is 2.39. The highest BCUT2D eigenvalue weighted by Crippen LogP contribution is 2.26. The van der Waals surface area contributed by atoms with Crippen molar-refractivity contribution in [1.82, 2.24) is 4.90 Å². The van der Waals surface area contributed by atoms with E-state index < -0.39 is 6.04 Å². The second-order valence-corrected chi connectivity index (χ2v) is 5.17. The molecule has 2 rings (SSSR count). The number of benzene rings is 1. The van der Waals surface area contributed by atoms with Crippen LogP contribution in [-0.2, 0) is 0 Å². The standard InChI is InChI=1S/C13H15N3O2S/c1-8(12(14)15-18)16(2)13(17)10-7-19-11-6-4-3-5-9(10)11/h3-8,18H,1-2H3,(H2,14,15). The molecule has 0 aliphatic heterocycles. The molecule has 0 fully saturated rings. The molecule has 0 saturated carbocycles. The lowest BCUT2D eigenvalue weighted by Crippen LogP contribution is -2.43. The summed E-state index contributed by atoms with van der Waals surface area (Å²) < 4.78 is 1.07. The van der Waals surface area contributed by atoms with Crippen molar-refractivity contribution in [3.63, 3.8) is 0 Å². The van der Waals surface area contributed by atoms with E-state index in [1.807, 2.05) is 29.6 Å². The van der Waals surface area contributed by atoms with Gasteiger partial charge in [0, 0.05) is 22.5 Å². The van der Waals surface area contributed by atoms with Gasteiger partial charge in [-0.15, -0.1) is 11.3 Å². The SMILES string of the molecule is CC(C(N)=NO)N(C)C(=O)c1csc2ccccc12. The normalized spacial score (nSPS) is 13.5. The highest BCUT2D eigenvalue weighted by molar-refractivity contribution is 7.17. The zero-order chi connectivity index (χ0) is 14.0. The number of nitrogens with zero attached hydrogens (tertiary/aromatic N) is 2. The number of fused-ring (bicyclic) bond motifs is 1. The smallest absolute Gasteiger partial charge is 0.255 e. The van der Waals surface area contributed by atoms with E-state index in [-0.39, 0.29) is 11.7 Å². The Bertz CT molecular complexity index is 636. The Kier molecular flexibility index (Phi) is 3.71. The maximum Gasteiger partial charge on any atom is 0.255 e. The Morgan fingerprint density at radius 1 is 1.47 bits per heavy atom. The first-order chi connectivity index (χ1) is 9.06. The molecule has 0 saturated heterocycles. The van der Waals surface area contributed by atoms with Gasteiger partial charge in [0.1, 0.15) is 0 Å². The van der Waals surface area contributed by atoms with Crippen LogP contribution >= 0.6 is 11.3 Å². The first-order valence-corrected chi connectivity index (χ1v) is 6.65. The monoisotopic (exact) mass is 277 g/mol. The predicted octanol–water partition coefficient (Wildman–Crippen LogP) is 2.11. The molecule has 1 amide bonds. The van der Waals surface area contributed by atoms with Crippen molar-refractivity contribution in [3.8, 4) is 0 Å². The van der Waals surface area contributed by atoms with Crippen LogP contribution in [0.4, 0.5) is 0 Å². The van der Waals surface area contributed by atoms with E-state index in [1.54, 1.807) is 14.0 Å². The maximum absolute atomic E-state index is 12.4. The van der Waals surface area contributed by atoms with Gasteiger partial charge in [-0.1, -0.05) is 23.4 Å². The first kappa shape index (κ1) is 13.4. The summed E-state index contributed by atoms with van der Waals surface area (Å²) in [4.78, 5) is 13.9. The summed E-state index contributed by atoms with van der Waals surface area (Å²) in [6, 6.07) is 7.27. The average Bonchev–Trinajstić information content (AvgIpc) is 2.87. The summed E-state index contributed by atoms with van der Waals surface area (Å²) in [6.07, 6.45) is 0. The van der Waals surface area contributed by atoms with Gasteiger partial charge in [0.05, 0.1) is 11.6 Å². The Morgan fingerprint density at radius 2 is 2.16 bits per heavy atom. The number of rotatable bonds is 3. The summed E-state index contributed by atoms with van der Waals surface area (Å²) in [5.41, 5.74) is 6.17. The molecule has 1 aromatic carbocycles. The molecule has 19 heavy (non-hydrogen) atoms. The van der Waals surface area contributed by atoms with Crippen LogP contribution in [0, 0.1) is 0 Å². The highest BCUT2D eigenvalue weighted by Gasteiger charge is 2.22. The summed E-state index contributed by atoms with van der Waals surface area (Å²) in [5, 5.41) is 14.4. The van der Waals surface area contributed by atoms with Crippen LogP contribution in [0.3, 0.4) is 0 Å². The zero-order valence-electron chi connectivity index (χ0n) is 10.7. The molecule has 1 unspecified atom stereocenters. The van der Waals surface area contributed by atoms with Crippen LogP contribution < -0.4 is 5.73 Å². The lowest BCUT2D eigenvalue weighted by atomic mass is 10.1. The van der Waals surface area contributed by atoms with Crippen molar-refractivity contribution in [2.75, 3.05) is 7.05 Å². The van der Waals surface area contributed by atoms with Gasteiger partial charge in [0.25, 0.3) is 5.91 Å². The van der Waals surface area contributed by atoms with E-state index in [4.69, 9.17) is 10.9 Å². The Labute approximate surface area is 114 Å². The molecule has 6 heteroatoms. The van der Waals surface area contributed by atoms with Gasteiger partial charge < -0.3 is 15.8 Å². The van der Waals surface area contributed by atoms with E-state index in [9.17, 15) is 4.79 Å². The molecule has 1 heterocycles. The lowest BCUT2D eigenvalue weighted by molar-refractivity contribution is 0.0778. The van der Waals surface area contributed by atoms with Gasteiger partial charge >= 0.3 is 0 Å². The van der Waals surface area contributed by atoms with Crippen molar-refractivity contribution >= 4 is 33.2 Å². The third-order valence-electron chi connectivity index (χ3n) is 3.16. The molecule has 3 N–H and O–H groups in total. The van der Waals surface area contributed by atoms with Crippen LogP contribution in [0.2, 0.25) is 0 Å². The molecule has 100 valence electrons. The van der Waals surface area contributed by atoms with E-state index >= 15 is 0 Å². The number of hydrogen-bond donors (Lipinski definition) is 2. The minimum atomic E-state index is -0.462. The number of thiophene rings is 1. The van der Waals surface area contributed by atoms with Crippen LogP contribution in [0.1, 0.15) is 17.3 Å². The van der Waals surface area contributed by atoms with Crippen LogP contribution in [-0.4, -0.2) is 34.9 Å². The fraction of sp³-hybridized carbons (Fsp3) is 0.231. The molecule has 1 aromatic heterocycles. The molecule has 0 radical (unpaired) electrons. The van der Waals surface area contributed by atoms with Crippen molar-refractivity contribution in [3.05, 3.63) is 35.2 Å². The molecule has 0 aliphatic rings. The number of nitrogens with two attached hydrogens (primary N) is 1. The quantitative estimate of drug-likeness (QED) is 0.390.